The molecular formula is C19H31NO8. The molecule has 1 fully saturated rings. The predicted molar refractivity (Wildman–Crippen MR) is 98.4 cm³/mol. The number of carbonyl (C=O) groups is 4. The van der Waals surface area contributed by atoms with Crippen LogP contribution in [0.1, 0.15) is 68.7 Å². The highest BCUT2D eigenvalue weighted by Crippen LogP contribution is 2.27. The molecule has 2 atom stereocenters. The third-order valence-corrected chi connectivity index (χ3v) is 3.16. The van der Waals surface area contributed by atoms with Gasteiger partial charge in [-0.2, -0.15) is 0 Å². The number of imide groups is 1. The molecule has 1 saturated heterocycles. The first-order valence-corrected chi connectivity index (χ1v) is 9.08. The number of carbonyl (C=O) groups excluding carboxylic acids is 4. The Morgan fingerprint density at radius 3 is 1.71 bits per heavy atom. The van der Waals surface area contributed by atoms with E-state index in [1.54, 1.807) is 62.3 Å². The van der Waals surface area contributed by atoms with Crippen molar-refractivity contribution in [2.75, 3.05) is 0 Å². The Kier molecular flexibility index (Phi) is 6.75. The molecule has 28 heavy (non-hydrogen) atoms. The number of hydrogen-bond donors (Lipinski definition) is 0. The van der Waals surface area contributed by atoms with Gasteiger partial charge in [-0.25, -0.2) is 19.3 Å². The van der Waals surface area contributed by atoms with Gasteiger partial charge in [-0.15, -0.1) is 0 Å². The number of likely N-dealkylation sites (tertiary alicyclic amines) is 1. The molecule has 0 unspecified atom stereocenters. The lowest BCUT2D eigenvalue weighted by atomic mass is 10.1. The van der Waals surface area contributed by atoms with E-state index in [-0.39, 0.29) is 6.42 Å². The van der Waals surface area contributed by atoms with E-state index < -0.39 is 53.1 Å². The van der Waals surface area contributed by atoms with Crippen LogP contribution in [0.15, 0.2) is 0 Å². The second kappa shape index (κ2) is 7.97. The first kappa shape index (κ1) is 23.7. The van der Waals surface area contributed by atoms with E-state index in [1.807, 2.05) is 0 Å². The van der Waals surface area contributed by atoms with Crippen LogP contribution >= 0.6 is 0 Å². The van der Waals surface area contributed by atoms with Crippen LogP contribution in [0.3, 0.4) is 0 Å². The number of hydrogen-bond acceptors (Lipinski definition) is 8. The molecule has 0 aromatic heterocycles. The van der Waals surface area contributed by atoms with E-state index in [4.69, 9.17) is 18.9 Å². The molecule has 0 bridgehead atoms. The topological polar surface area (TPSA) is 108 Å². The number of rotatable bonds is 2. The Labute approximate surface area is 165 Å². The van der Waals surface area contributed by atoms with Crippen molar-refractivity contribution in [1.82, 2.24) is 4.90 Å². The monoisotopic (exact) mass is 401 g/mol. The Hall–Kier alpha value is -2.32. The molecule has 0 aromatic carbocycles. The fourth-order valence-electron chi connectivity index (χ4n) is 2.31. The second-order valence-corrected chi connectivity index (χ2v) is 9.54. The fourth-order valence-corrected chi connectivity index (χ4v) is 2.31. The van der Waals surface area contributed by atoms with Crippen molar-refractivity contribution in [2.45, 2.75) is 97.7 Å². The molecule has 160 valence electrons. The number of esters is 1. The summed E-state index contributed by atoms with van der Waals surface area (Å²) in [6, 6.07) is -1.27. The molecule has 9 heteroatoms. The van der Waals surface area contributed by atoms with Gasteiger partial charge in [-0.1, -0.05) is 0 Å². The molecule has 2 amide bonds. The van der Waals surface area contributed by atoms with Gasteiger partial charge in [0, 0.05) is 6.42 Å². The molecule has 0 spiro atoms. The van der Waals surface area contributed by atoms with Gasteiger partial charge >= 0.3 is 18.2 Å². The summed E-state index contributed by atoms with van der Waals surface area (Å²) in [5, 5.41) is 0. The summed E-state index contributed by atoms with van der Waals surface area (Å²) in [6.07, 6.45) is -3.69. The molecule has 0 N–H and O–H groups in total. The SMILES string of the molecule is CC(C)(C)OC(=O)O[C@H]1C[C@H](C(=O)OC(C)(C)C)N(C(=O)OC(C)(C)C)C1=O. The van der Waals surface area contributed by atoms with E-state index in [2.05, 4.69) is 0 Å². The third-order valence-electron chi connectivity index (χ3n) is 3.16. The summed E-state index contributed by atoms with van der Waals surface area (Å²) in [5.74, 6) is -1.65. The van der Waals surface area contributed by atoms with E-state index in [9.17, 15) is 19.2 Å². The first-order valence-electron chi connectivity index (χ1n) is 9.08. The molecule has 0 saturated carbocycles. The number of amides is 2. The zero-order chi connectivity index (χ0) is 22.1. The molecule has 1 rings (SSSR count). The Morgan fingerprint density at radius 2 is 1.29 bits per heavy atom. The normalized spacial score (nSPS) is 20.6. The van der Waals surface area contributed by atoms with E-state index in [1.165, 1.54) is 0 Å². The lowest BCUT2D eigenvalue weighted by molar-refractivity contribution is -0.161. The molecular weight excluding hydrogens is 370 g/mol. The van der Waals surface area contributed by atoms with Crippen LogP contribution in [-0.4, -0.2) is 58.0 Å². The zero-order valence-corrected chi connectivity index (χ0v) is 18.1. The van der Waals surface area contributed by atoms with Crippen molar-refractivity contribution in [2.24, 2.45) is 0 Å². The van der Waals surface area contributed by atoms with E-state index in [0.29, 0.717) is 4.90 Å². The lowest BCUT2D eigenvalue weighted by Crippen LogP contribution is -2.47. The van der Waals surface area contributed by atoms with Crippen LogP contribution in [0.5, 0.6) is 0 Å². The maximum Gasteiger partial charge on any atom is 0.509 e. The first-order chi connectivity index (χ1) is 12.4. The van der Waals surface area contributed by atoms with Gasteiger partial charge in [0.1, 0.15) is 22.8 Å². The fraction of sp³-hybridized carbons (Fsp3) is 0.789. The lowest BCUT2D eigenvalue weighted by Gasteiger charge is -2.28. The largest absolute Gasteiger partial charge is 0.509 e. The molecule has 1 aliphatic rings. The van der Waals surface area contributed by atoms with Crippen LogP contribution in [0.25, 0.3) is 0 Å². The maximum absolute atomic E-state index is 12.7. The summed E-state index contributed by atoms with van der Waals surface area (Å²) >= 11 is 0. The van der Waals surface area contributed by atoms with Crippen molar-refractivity contribution < 1.29 is 38.1 Å². The van der Waals surface area contributed by atoms with Gasteiger partial charge in [-0.05, 0) is 62.3 Å². The number of nitrogens with zero attached hydrogens (tertiary/aromatic N) is 1. The van der Waals surface area contributed by atoms with E-state index >= 15 is 0 Å². The highest BCUT2D eigenvalue weighted by atomic mass is 16.7. The molecule has 0 radical (unpaired) electrons. The molecule has 9 nitrogen and oxygen atoms in total. The van der Waals surface area contributed by atoms with Crippen LogP contribution in [0, 0.1) is 0 Å². The van der Waals surface area contributed by atoms with Crippen LogP contribution in [0.2, 0.25) is 0 Å². The number of ether oxygens (including phenoxy) is 4. The average molecular weight is 401 g/mol. The third kappa shape index (κ3) is 7.36. The van der Waals surface area contributed by atoms with Gasteiger partial charge in [0.15, 0.2) is 6.10 Å². The summed E-state index contributed by atoms with van der Waals surface area (Å²) < 4.78 is 20.6. The van der Waals surface area contributed by atoms with Gasteiger partial charge < -0.3 is 18.9 Å². The predicted octanol–water partition coefficient (Wildman–Crippen LogP) is 3.18. The van der Waals surface area contributed by atoms with Crippen molar-refractivity contribution in [3.8, 4) is 0 Å². The average Bonchev–Trinajstić information content (AvgIpc) is 2.70. The highest BCUT2D eigenvalue weighted by molar-refractivity contribution is 6.02. The van der Waals surface area contributed by atoms with E-state index in [0.717, 1.165) is 0 Å². The highest BCUT2D eigenvalue weighted by Gasteiger charge is 2.51. The van der Waals surface area contributed by atoms with Crippen molar-refractivity contribution in [1.29, 1.82) is 0 Å². The van der Waals surface area contributed by atoms with Crippen molar-refractivity contribution >= 4 is 24.1 Å². The van der Waals surface area contributed by atoms with Crippen LogP contribution in [-0.2, 0) is 28.5 Å². The zero-order valence-electron chi connectivity index (χ0n) is 18.1. The van der Waals surface area contributed by atoms with Crippen LogP contribution < -0.4 is 0 Å². The summed E-state index contributed by atoms with van der Waals surface area (Å²) in [4.78, 5) is 50.3. The van der Waals surface area contributed by atoms with Gasteiger partial charge in [0.25, 0.3) is 5.91 Å². The summed E-state index contributed by atoms with van der Waals surface area (Å²) in [7, 11) is 0. The minimum Gasteiger partial charge on any atom is -0.458 e. The Morgan fingerprint density at radius 1 is 0.821 bits per heavy atom. The smallest absolute Gasteiger partial charge is 0.458 e. The molecule has 0 aromatic rings. The van der Waals surface area contributed by atoms with Gasteiger partial charge in [-0.3, -0.25) is 4.79 Å². The summed E-state index contributed by atoms with van der Waals surface area (Å²) in [6.45, 7) is 14.8. The Bertz CT molecular complexity index is 636. The van der Waals surface area contributed by atoms with Crippen LogP contribution in [0.4, 0.5) is 9.59 Å². The quantitative estimate of drug-likeness (QED) is 0.513. The van der Waals surface area contributed by atoms with Gasteiger partial charge in [0.05, 0.1) is 0 Å². The molecule has 1 aliphatic heterocycles. The second-order valence-electron chi connectivity index (χ2n) is 9.54. The van der Waals surface area contributed by atoms with Gasteiger partial charge in [0.2, 0.25) is 0 Å². The van der Waals surface area contributed by atoms with Crippen molar-refractivity contribution in [3.05, 3.63) is 0 Å². The summed E-state index contributed by atoms with van der Waals surface area (Å²) in [5.41, 5.74) is -2.54. The standard InChI is InChI=1S/C19H31NO8/c1-17(2,3)26-14(22)11-10-12(25-16(24)28-19(7,8)9)13(21)20(11)15(23)27-18(4,5)6/h11-12H,10H2,1-9H3/t11-,12+/m1/s1. The minimum atomic E-state index is -1.36. The molecule has 1 heterocycles. The Balaban J connectivity index is 3.06. The van der Waals surface area contributed by atoms with Crippen molar-refractivity contribution in [3.63, 3.8) is 0 Å². The maximum atomic E-state index is 12.7. The minimum absolute atomic E-state index is 0.244. The molecule has 0 aliphatic carbocycles.